The van der Waals surface area contributed by atoms with Gasteiger partial charge in [-0.15, -0.1) is 0 Å². The lowest BCUT2D eigenvalue weighted by atomic mass is 10.1. The van der Waals surface area contributed by atoms with Gasteiger partial charge in [0.05, 0.1) is 5.02 Å². The van der Waals surface area contributed by atoms with Crippen molar-refractivity contribution in [2.75, 3.05) is 7.05 Å². The van der Waals surface area contributed by atoms with Crippen molar-refractivity contribution in [1.82, 2.24) is 5.32 Å². The van der Waals surface area contributed by atoms with E-state index in [1.54, 1.807) is 0 Å². The van der Waals surface area contributed by atoms with Crippen molar-refractivity contribution in [2.45, 2.75) is 26.5 Å². The number of hydrogen-bond donors (Lipinski definition) is 1. The average molecular weight is 324 g/mol. The maximum Gasteiger partial charge on any atom is 0.138 e. The molecule has 1 atom stereocenters. The summed E-state index contributed by atoms with van der Waals surface area (Å²) in [5.41, 5.74) is 3.21. The fraction of sp³-hybridized carbons (Fsp3) is 0.294. The Kier molecular flexibility index (Phi) is 5.51. The molecule has 0 aliphatic heterocycles. The largest absolute Gasteiger partial charge is 0.487 e. The van der Waals surface area contributed by atoms with Crippen molar-refractivity contribution < 1.29 is 4.74 Å². The van der Waals surface area contributed by atoms with Crippen LogP contribution in [0.5, 0.6) is 5.75 Å². The lowest BCUT2D eigenvalue weighted by Crippen LogP contribution is -2.12. The van der Waals surface area contributed by atoms with Crippen LogP contribution in [-0.2, 0) is 6.61 Å². The van der Waals surface area contributed by atoms with Gasteiger partial charge in [0, 0.05) is 16.6 Å². The molecule has 0 spiro atoms. The van der Waals surface area contributed by atoms with Gasteiger partial charge >= 0.3 is 0 Å². The highest BCUT2D eigenvalue weighted by Gasteiger charge is 2.08. The van der Waals surface area contributed by atoms with E-state index in [4.69, 9.17) is 27.9 Å². The standard InChI is InChI=1S/C17H19Cl2NO/c1-11-4-5-14(15(18)8-11)10-21-17-7-6-13(9-16(17)19)12(2)20-3/h4-9,12,20H,10H2,1-3H3. The van der Waals surface area contributed by atoms with Crippen LogP contribution >= 0.6 is 23.2 Å². The van der Waals surface area contributed by atoms with Crippen molar-refractivity contribution in [3.05, 3.63) is 63.1 Å². The fourth-order valence-corrected chi connectivity index (χ4v) is 2.53. The fourth-order valence-electron chi connectivity index (χ4n) is 2.00. The van der Waals surface area contributed by atoms with Crippen molar-refractivity contribution in [1.29, 1.82) is 0 Å². The van der Waals surface area contributed by atoms with Crippen LogP contribution in [0.1, 0.15) is 29.7 Å². The predicted octanol–water partition coefficient (Wildman–Crippen LogP) is 5.16. The molecule has 1 unspecified atom stereocenters. The van der Waals surface area contributed by atoms with Crippen LogP contribution < -0.4 is 10.1 Å². The Morgan fingerprint density at radius 3 is 2.48 bits per heavy atom. The van der Waals surface area contributed by atoms with Gasteiger partial charge in [0.1, 0.15) is 12.4 Å². The summed E-state index contributed by atoms with van der Waals surface area (Å²) in [4.78, 5) is 0. The van der Waals surface area contributed by atoms with Crippen LogP contribution in [0.15, 0.2) is 36.4 Å². The van der Waals surface area contributed by atoms with E-state index in [1.807, 2.05) is 50.4 Å². The predicted molar refractivity (Wildman–Crippen MR) is 89.4 cm³/mol. The highest BCUT2D eigenvalue weighted by Crippen LogP contribution is 2.29. The third-order valence-corrected chi connectivity index (χ3v) is 4.13. The molecule has 0 saturated carbocycles. The van der Waals surface area contributed by atoms with E-state index in [2.05, 4.69) is 12.2 Å². The summed E-state index contributed by atoms with van der Waals surface area (Å²) in [6.07, 6.45) is 0. The van der Waals surface area contributed by atoms with Gasteiger partial charge in [0.2, 0.25) is 0 Å². The zero-order valence-corrected chi connectivity index (χ0v) is 13.9. The molecule has 2 rings (SSSR count). The monoisotopic (exact) mass is 323 g/mol. The van der Waals surface area contributed by atoms with Gasteiger partial charge in [-0.2, -0.15) is 0 Å². The van der Waals surface area contributed by atoms with E-state index in [0.717, 1.165) is 16.7 Å². The van der Waals surface area contributed by atoms with Gasteiger partial charge in [0.15, 0.2) is 0 Å². The van der Waals surface area contributed by atoms with Gasteiger partial charge in [0.25, 0.3) is 0 Å². The second kappa shape index (κ2) is 7.17. The first-order valence-electron chi connectivity index (χ1n) is 6.86. The van der Waals surface area contributed by atoms with Gasteiger partial charge in [-0.1, -0.05) is 41.4 Å². The maximum absolute atomic E-state index is 6.28. The lowest BCUT2D eigenvalue weighted by molar-refractivity contribution is 0.306. The first-order valence-corrected chi connectivity index (χ1v) is 7.61. The van der Waals surface area contributed by atoms with Gasteiger partial charge in [-0.25, -0.2) is 0 Å². The van der Waals surface area contributed by atoms with Crippen LogP contribution in [0.4, 0.5) is 0 Å². The molecular weight excluding hydrogens is 305 g/mol. The quantitative estimate of drug-likeness (QED) is 0.820. The molecule has 4 heteroatoms. The number of halogens is 2. The molecule has 0 aliphatic rings. The molecule has 2 aromatic rings. The van der Waals surface area contributed by atoms with E-state index in [-0.39, 0.29) is 6.04 Å². The highest BCUT2D eigenvalue weighted by molar-refractivity contribution is 6.32. The minimum atomic E-state index is 0.253. The Morgan fingerprint density at radius 1 is 1.10 bits per heavy atom. The lowest BCUT2D eigenvalue weighted by Gasteiger charge is -2.14. The number of aryl methyl sites for hydroxylation is 1. The van der Waals surface area contributed by atoms with E-state index in [9.17, 15) is 0 Å². The first kappa shape index (κ1) is 16.2. The molecular formula is C17H19Cl2NO. The third-order valence-electron chi connectivity index (χ3n) is 3.48. The molecule has 1 N–H and O–H groups in total. The Bertz CT molecular complexity index is 628. The molecule has 0 amide bonds. The number of benzene rings is 2. The van der Waals surface area contributed by atoms with E-state index < -0.39 is 0 Å². The second-order valence-electron chi connectivity index (χ2n) is 5.08. The SMILES string of the molecule is CNC(C)c1ccc(OCc2ccc(C)cc2Cl)c(Cl)c1. The summed E-state index contributed by atoms with van der Waals surface area (Å²) in [5.74, 6) is 0.667. The maximum atomic E-state index is 6.28. The smallest absolute Gasteiger partial charge is 0.138 e. The van der Waals surface area contributed by atoms with Crippen molar-refractivity contribution >= 4 is 23.2 Å². The Balaban J connectivity index is 2.10. The zero-order chi connectivity index (χ0) is 15.4. The van der Waals surface area contributed by atoms with Crippen LogP contribution in [0.2, 0.25) is 10.0 Å². The van der Waals surface area contributed by atoms with Gasteiger partial charge in [-0.05, 0) is 50.2 Å². The molecule has 112 valence electrons. The summed E-state index contributed by atoms with van der Waals surface area (Å²) < 4.78 is 5.78. The Labute approximate surface area is 136 Å². The molecule has 21 heavy (non-hydrogen) atoms. The van der Waals surface area contributed by atoms with Crippen molar-refractivity contribution in [3.8, 4) is 5.75 Å². The van der Waals surface area contributed by atoms with E-state index >= 15 is 0 Å². The van der Waals surface area contributed by atoms with Crippen LogP contribution in [0.3, 0.4) is 0 Å². The molecule has 0 bridgehead atoms. The number of nitrogens with one attached hydrogen (secondary N) is 1. The Morgan fingerprint density at radius 2 is 1.86 bits per heavy atom. The molecule has 0 heterocycles. The molecule has 2 nitrogen and oxygen atoms in total. The van der Waals surface area contributed by atoms with E-state index in [0.29, 0.717) is 22.4 Å². The van der Waals surface area contributed by atoms with Crippen LogP contribution in [0, 0.1) is 6.92 Å². The first-order chi connectivity index (χ1) is 10.0. The second-order valence-corrected chi connectivity index (χ2v) is 5.90. The summed E-state index contributed by atoms with van der Waals surface area (Å²) in [6, 6.07) is 12.0. The summed E-state index contributed by atoms with van der Waals surface area (Å²) in [6.45, 7) is 4.49. The van der Waals surface area contributed by atoms with Crippen LogP contribution in [-0.4, -0.2) is 7.05 Å². The van der Waals surface area contributed by atoms with Crippen molar-refractivity contribution in [2.24, 2.45) is 0 Å². The topological polar surface area (TPSA) is 21.3 Å². The highest BCUT2D eigenvalue weighted by atomic mass is 35.5. The van der Waals surface area contributed by atoms with E-state index in [1.165, 1.54) is 0 Å². The third kappa shape index (κ3) is 4.13. The number of rotatable bonds is 5. The molecule has 0 aliphatic carbocycles. The minimum Gasteiger partial charge on any atom is -0.487 e. The average Bonchev–Trinajstić information content (AvgIpc) is 2.46. The number of hydrogen-bond acceptors (Lipinski definition) is 2. The zero-order valence-electron chi connectivity index (χ0n) is 12.4. The molecule has 0 radical (unpaired) electrons. The summed E-state index contributed by atoms with van der Waals surface area (Å²) in [5, 5.41) is 4.51. The molecule has 0 fully saturated rings. The summed E-state index contributed by atoms with van der Waals surface area (Å²) >= 11 is 12.5. The molecule has 0 saturated heterocycles. The molecule has 0 aromatic heterocycles. The normalized spacial score (nSPS) is 12.2. The minimum absolute atomic E-state index is 0.253. The van der Waals surface area contributed by atoms with Crippen molar-refractivity contribution in [3.63, 3.8) is 0 Å². The Hall–Kier alpha value is -1.22. The summed E-state index contributed by atoms with van der Waals surface area (Å²) in [7, 11) is 1.92. The molecule has 2 aromatic carbocycles. The van der Waals surface area contributed by atoms with Gasteiger partial charge in [-0.3, -0.25) is 0 Å². The van der Waals surface area contributed by atoms with Gasteiger partial charge < -0.3 is 10.1 Å². The van der Waals surface area contributed by atoms with Crippen LogP contribution in [0.25, 0.3) is 0 Å². The number of ether oxygens (including phenoxy) is 1.